The van der Waals surface area contributed by atoms with E-state index in [4.69, 9.17) is 4.74 Å². The lowest BCUT2D eigenvalue weighted by molar-refractivity contribution is -0.170. The van der Waals surface area contributed by atoms with Crippen molar-refractivity contribution < 1.29 is 23.5 Å². The van der Waals surface area contributed by atoms with E-state index in [0.29, 0.717) is 5.56 Å². The molecule has 2 bridgehead atoms. The van der Waals surface area contributed by atoms with Crippen molar-refractivity contribution in [1.82, 2.24) is 9.80 Å². The number of hydrogen-bond donors (Lipinski definition) is 0. The molecule has 4 atom stereocenters. The molecule has 5 rings (SSSR count). The van der Waals surface area contributed by atoms with Gasteiger partial charge in [0.25, 0.3) is 11.8 Å². The lowest BCUT2D eigenvalue weighted by Gasteiger charge is -2.57. The first-order chi connectivity index (χ1) is 13.8. The molecule has 2 unspecified atom stereocenters. The normalized spacial score (nSPS) is 35.6. The number of amides is 2. The smallest absolute Gasteiger partial charge is 0.314 e. The summed E-state index contributed by atoms with van der Waals surface area (Å²) in [7, 11) is 4.31. The summed E-state index contributed by atoms with van der Waals surface area (Å²) in [5, 5.41) is 0. The molecule has 4 fully saturated rings. The van der Waals surface area contributed by atoms with Gasteiger partial charge in [0, 0.05) is 13.5 Å². The summed E-state index contributed by atoms with van der Waals surface area (Å²) >= 11 is 0. The fourth-order valence-electron chi connectivity index (χ4n) is 4.54. The number of esters is 1. The van der Waals surface area contributed by atoms with Crippen molar-refractivity contribution >= 4 is 39.4 Å². The molecule has 4 heterocycles. The topological polar surface area (TPSA) is 66.9 Å². The summed E-state index contributed by atoms with van der Waals surface area (Å²) in [6.45, 7) is 8.80. The molecule has 4 aliphatic heterocycles. The van der Waals surface area contributed by atoms with Gasteiger partial charge in [-0.05, 0) is 52.3 Å². The van der Waals surface area contributed by atoms with Crippen LogP contribution in [0, 0.1) is 11.2 Å². The SMILES string of the molecule is CN1C(=O)[C@@]23C[C@](C)(C(=O)OC(C)(C)C)C(c4ccc(F)cc4)N2C(=O)C1(C)SS3. The highest BCUT2D eigenvalue weighted by atomic mass is 33.1. The van der Waals surface area contributed by atoms with E-state index < -0.39 is 38.6 Å². The molecule has 0 radical (unpaired) electrons. The van der Waals surface area contributed by atoms with Gasteiger partial charge in [-0.1, -0.05) is 33.7 Å². The number of fused-ring (bicyclic) bond motifs is 2. The van der Waals surface area contributed by atoms with Gasteiger partial charge in [0.15, 0.2) is 9.74 Å². The second-order valence-corrected chi connectivity index (χ2v) is 12.3. The van der Waals surface area contributed by atoms with Gasteiger partial charge < -0.3 is 14.5 Å². The molecular weight excluding hydrogens is 427 g/mol. The Bertz CT molecular complexity index is 949. The molecule has 1 aromatic rings. The average Bonchev–Trinajstić information content (AvgIpc) is 2.93. The molecule has 0 aliphatic carbocycles. The van der Waals surface area contributed by atoms with Gasteiger partial charge >= 0.3 is 5.97 Å². The third kappa shape index (κ3) is 2.74. The minimum Gasteiger partial charge on any atom is -0.459 e. The maximum atomic E-state index is 13.7. The van der Waals surface area contributed by atoms with Crippen LogP contribution < -0.4 is 0 Å². The van der Waals surface area contributed by atoms with E-state index in [1.807, 2.05) is 0 Å². The van der Waals surface area contributed by atoms with E-state index in [2.05, 4.69) is 0 Å². The van der Waals surface area contributed by atoms with Crippen molar-refractivity contribution in [2.24, 2.45) is 5.41 Å². The lowest BCUT2D eigenvalue weighted by Crippen LogP contribution is -2.73. The van der Waals surface area contributed by atoms with Crippen molar-refractivity contribution in [2.75, 3.05) is 7.05 Å². The van der Waals surface area contributed by atoms with Crippen molar-refractivity contribution in [1.29, 1.82) is 0 Å². The van der Waals surface area contributed by atoms with Crippen LogP contribution in [0.3, 0.4) is 0 Å². The molecule has 1 aromatic carbocycles. The van der Waals surface area contributed by atoms with E-state index in [0.717, 1.165) is 0 Å². The molecule has 0 saturated carbocycles. The summed E-state index contributed by atoms with van der Waals surface area (Å²) < 4.78 is 19.4. The zero-order valence-corrected chi connectivity index (χ0v) is 19.4. The molecular formula is C21H25FN2O4S2. The number of carbonyl (C=O) groups excluding carboxylic acids is 3. The second kappa shape index (κ2) is 6.38. The van der Waals surface area contributed by atoms with Crippen LogP contribution in [0.4, 0.5) is 4.39 Å². The summed E-state index contributed by atoms with van der Waals surface area (Å²) in [4.78, 5) is 41.3. The predicted octanol–water partition coefficient (Wildman–Crippen LogP) is 3.73. The van der Waals surface area contributed by atoms with E-state index in [9.17, 15) is 18.8 Å². The molecule has 162 valence electrons. The molecule has 0 N–H and O–H groups in total. The number of ether oxygens (including phenoxy) is 1. The first-order valence-corrected chi connectivity index (χ1v) is 11.9. The number of benzene rings is 1. The Hall–Kier alpha value is -1.74. The molecule has 4 saturated heterocycles. The quantitative estimate of drug-likeness (QED) is 0.503. The van der Waals surface area contributed by atoms with E-state index >= 15 is 0 Å². The van der Waals surface area contributed by atoms with Crippen LogP contribution in [0.15, 0.2) is 24.3 Å². The highest BCUT2D eigenvalue weighted by Crippen LogP contribution is 2.69. The fraction of sp³-hybridized carbons (Fsp3) is 0.571. The minimum atomic E-state index is -1.21. The van der Waals surface area contributed by atoms with Gasteiger partial charge in [0.05, 0.1) is 11.5 Å². The number of nitrogens with zero attached hydrogens (tertiary/aromatic N) is 2. The molecule has 4 aliphatic rings. The largest absolute Gasteiger partial charge is 0.459 e. The molecule has 9 heteroatoms. The summed E-state index contributed by atoms with van der Waals surface area (Å²) in [6.07, 6.45) is 0.125. The number of rotatable bonds is 2. The van der Waals surface area contributed by atoms with Gasteiger partial charge in [-0.2, -0.15) is 0 Å². The van der Waals surface area contributed by atoms with Crippen LogP contribution in [0.5, 0.6) is 0 Å². The fourth-order valence-corrected chi connectivity index (χ4v) is 8.12. The molecule has 0 aromatic heterocycles. The Morgan fingerprint density at radius 1 is 1.13 bits per heavy atom. The predicted molar refractivity (Wildman–Crippen MR) is 114 cm³/mol. The summed E-state index contributed by atoms with van der Waals surface area (Å²) in [5.41, 5.74) is -1.31. The zero-order valence-electron chi connectivity index (χ0n) is 17.8. The van der Waals surface area contributed by atoms with E-state index in [-0.39, 0.29) is 18.2 Å². The van der Waals surface area contributed by atoms with Crippen molar-refractivity contribution in [3.8, 4) is 0 Å². The van der Waals surface area contributed by atoms with Gasteiger partial charge in [0.2, 0.25) is 0 Å². The van der Waals surface area contributed by atoms with Crippen LogP contribution in [-0.2, 0) is 19.1 Å². The number of halogens is 1. The number of likely N-dealkylation sites (N-methyl/N-ethyl adjacent to an activating group) is 1. The van der Waals surface area contributed by atoms with Gasteiger partial charge in [-0.15, -0.1) is 0 Å². The van der Waals surface area contributed by atoms with Crippen LogP contribution in [0.2, 0.25) is 0 Å². The highest BCUT2D eigenvalue weighted by Gasteiger charge is 2.76. The Morgan fingerprint density at radius 3 is 2.30 bits per heavy atom. The van der Waals surface area contributed by atoms with E-state index in [1.165, 1.54) is 38.6 Å². The Morgan fingerprint density at radius 2 is 1.73 bits per heavy atom. The standard InChI is InChI=1S/C21H25FN2O4S2/c1-18(2,3)28-17(27)19(4)11-21-16(26)23(6)20(5,29-30-21)15(25)24(21)14(19)12-7-9-13(22)10-8-12/h7-10,14H,11H2,1-6H3/t14?,19-,20?,21-/m0/s1. The maximum absolute atomic E-state index is 13.7. The summed E-state index contributed by atoms with van der Waals surface area (Å²) in [6, 6.07) is 5.02. The van der Waals surface area contributed by atoms with Crippen molar-refractivity contribution in [3.63, 3.8) is 0 Å². The summed E-state index contributed by atoms with van der Waals surface area (Å²) in [5.74, 6) is -1.32. The average molecular weight is 453 g/mol. The van der Waals surface area contributed by atoms with Crippen molar-refractivity contribution in [3.05, 3.63) is 35.6 Å². The van der Waals surface area contributed by atoms with Crippen LogP contribution in [0.1, 0.15) is 52.6 Å². The first kappa shape index (κ1) is 21.5. The van der Waals surface area contributed by atoms with Crippen LogP contribution in [0.25, 0.3) is 0 Å². The Balaban J connectivity index is 1.91. The molecule has 6 nitrogen and oxygen atoms in total. The highest BCUT2D eigenvalue weighted by molar-refractivity contribution is 8.78. The van der Waals surface area contributed by atoms with Crippen molar-refractivity contribution in [2.45, 2.75) is 62.4 Å². The van der Waals surface area contributed by atoms with Gasteiger partial charge in [-0.3, -0.25) is 14.4 Å². The van der Waals surface area contributed by atoms with Gasteiger partial charge in [0.1, 0.15) is 11.4 Å². The zero-order chi connectivity index (χ0) is 22.3. The third-order valence-electron chi connectivity index (χ3n) is 6.14. The third-order valence-corrected chi connectivity index (χ3v) is 9.84. The number of carbonyl (C=O) groups is 3. The van der Waals surface area contributed by atoms with Gasteiger partial charge in [-0.25, -0.2) is 4.39 Å². The maximum Gasteiger partial charge on any atom is 0.314 e. The Kier molecular flexibility index (Phi) is 4.57. The molecule has 2 amide bonds. The number of hydrogen-bond acceptors (Lipinski definition) is 6. The minimum absolute atomic E-state index is 0.125. The lowest BCUT2D eigenvalue weighted by atomic mass is 9.78. The second-order valence-electron chi connectivity index (χ2n) is 9.52. The first-order valence-electron chi connectivity index (χ1n) is 9.74. The number of piperazine rings is 1. The van der Waals surface area contributed by atoms with E-state index in [1.54, 1.807) is 58.7 Å². The Labute approximate surface area is 183 Å². The van der Waals surface area contributed by atoms with Crippen LogP contribution >= 0.6 is 21.6 Å². The van der Waals surface area contributed by atoms with Crippen LogP contribution in [-0.4, -0.2) is 50.0 Å². The molecule has 1 spiro atoms. The molecule has 30 heavy (non-hydrogen) atoms. The monoisotopic (exact) mass is 452 g/mol.